The lowest BCUT2D eigenvalue weighted by molar-refractivity contribution is 0.0950. The predicted octanol–water partition coefficient (Wildman–Crippen LogP) is 3.76. The second-order valence-corrected chi connectivity index (χ2v) is 9.16. The fourth-order valence-electron chi connectivity index (χ4n) is 3.11. The minimum atomic E-state index is -3.88. The van der Waals surface area contributed by atoms with E-state index >= 15 is 0 Å². The number of nitrogens with one attached hydrogen (secondary N) is 2. The summed E-state index contributed by atoms with van der Waals surface area (Å²) in [4.78, 5) is 12.8. The molecule has 0 bridgehead atoms. The molecule has 0 aromatic heterocycles. The molecule has 0 saturated carbocycles. The lowest BCUT2D eigenvalue weighted by atomic mass is 10.1. The molecule has 3 rings (SSSR count). The van der Waals surface area contributed by atoms with Crippen LogP contribution in [0.25, 0.3) is 0 Å². The zero-order valence-corrected chi connectivity index (χ0v) is 20.1. The molecular formula is C25H28N2O6S. The van der Waals surface area contributed by atoms with Crippen molar-refractivity contribution in [2.75, 3.05) is 32.2 Å². The van der Waals surface area contributed by atoms with Crippen molar-refractivity contribution in [3.63, 3.8) is 0 Å². The van der Waals surface area contributed by atoms with Gasteiger partial charge in [-0.1, -0.05) is 18.2 Å². The fraction of sp³-hybridized carbons (Fsp3) is 0.240. The average molecular weight is 485 g/mol. The number of carbonyl (C=O) groups is 1. The number of methoxy groups -OCH3 is 2. The van der Waals surface area contributed by atoms with E-state index in [-0.39, 0.29) is 22.9 Å². The maximum atomic E-state index is 12.9. The highest BCUT2D eigenvalue weighted by atomic mass is 32.2. The normalized spacial score (nSPS) is 11.0. The first kappa shape index (κ1) is 25.1. The Balaban J connectivity index is 1.66. The van der Waals surface area contributed by atoms with Crippen LogP contribution in [-0.4, -0.2) is 41.8 Å². The van der Waals surface area contributed by atoms with Crippen LogP contribution < -0.4 is 19.5 Å². The summed E-state index contributed by atoms with van der Waals surface area (Å²) in [6, 6.07) is 18.3. The molecule has 34 heavy (non-hydrogen) atoms. The van der Waals surface area contributed by atoms with Gasteiger partial charge in [0.2, 0.25) is 0 Å². The van der Waals surface area contributed by atoms with E-state index in [1.165, 1.54) is 19.2 Å². The number of amides is 1. The molecule has 180 valence electrons. The predicted molar refractivity (Wildman–Crippen MR) is 130 cm³/mol. The third kappa shape index (κ3) is 6.72. The number of hydrogen-bond acceptors (Lipinski definition) is 6. The highest BCUT2D eigenvalue weighted by Crippen LogP contribution is 2.21. The Kier molecular flexibility index (Phi) is 8.50. The largest absolute Gasteiger partial charge is 0.497 e. The first-order valence-electron chi connectivity index (χ1n) is 10.6. The molecular weight excluding hydrogens is 456 g/mol. The summed E-state index contributed by atoms with van der Waals surface area (Å²) in [6.45, 7) is 3.01. The van der Waals surface area contributed by atoms with E-state index in [1.54, 1.807) is 44.4 Å². The van der Waals surface area contributed by atoms with Gasteiger partial charge in [-0.05, 0) is 66.6 Å². The summed E-state index contributed by atoms with van der Waals surface area (Å²) < 4.78 is 43.8. The highest BCUT2D eigenvalue weighted by molar-refractivity contribution is 7.92. The maximum absolute atomic E-state index is 12.9. The second-order valence-electron chi connectivity index (χ2n) is 7.48. The average Bonchev–Trinajstić information content (AvgIpc) is 2.84. The minimum absolute atomic E-state index is 0.00312. The molecule has 9 heteroatoms. The first-order valence-corrected chi connectivity index (χ1v) is 12.1. The molecule has 3 aromatic carbocycles. The molecule has 0 unspecified atom stereocenters. The van der Waals surface area contributed by atoms with Gasteiger partial charge in [-0.25, -0.2) is 8.42 Å². The number of ether oxygens (including phenoxy) is 3. The summed E-state index contributed by atoms with van der Waals surface area (Å²) >= 11 is 0. The second kappa shape index (κ2) is 11.5. The Hall–Kier alpha value is -3.56. The van der Waals surface area contributed by atoms with Gasteiger partial charge in [0.1, 0.15) is 18.1 Å². The van der Waals surface area contributed by atoms with Crippen molar-refractivity contribution in [2.45, 2.75) is 18.4 Å². The van der Waals surface area contributed by atoms with Crippen LogP contribution in [0, 0.1) is 6.92 Å². The number of carbonyl (C=O) groups excluding carboxylic acids is 1. The van der Waals surface area contributed by atoms with Crippen LogP contribution in [0.4, 0.5) is 5.69 Å². The lowest BCUT2D eigenvalue weighted by Crippen LogP contribution is -2.24. The van der Waals surface area contributed by atoms with E-state index in [0.29, 0.717) is 36.0 Å². The molecule has 8 nitrogen and oxygen atoms in total. The van der Waals surface area contributed by atoms with Crippen LogP contribution in [0.5, 0.6) is 11.5 Å². The third-order valence-electron chi connectivity index (χ3n) is 5.04. The Morgan fingerprint density at radius 2 is 1.56 bits per heavy atom. The molecule has 0 saturated heterocycles. The van der Waals surface area contributed by atoms with E-state index in [0.717, 1.165) is 5.56 Å². The van der Waals surface area contributed by atoms with Gasteiger partial charge >= 0.3 is 0 Å². The number of aryl methyl sites for hydroxylation is 1. The van der Waals surface area contributed by atoms with Crippen LogP contribution in [0.3, 0.4) is 0 Å². The van der Waals surface area contributed by atoms with Crippen LogP contribution >= 0.6 is 0 Å². The molecule has 1 amide bonds. The van der Waals surface area contributed by atoms with Crippen molar-refractivity contribution in [1.82, 2.24) is 5.32 Å². The molecule has 0 fully saturated rings. The number of rotatable bonds is 11. The Morgan fingerprint density at radius 3 is 2.21 bits per heavy atom. The van der Waals surface area contributed by atoms with Crippen molar-refractivity contribution in [3.05, 3.63) is 83.4 Å². The molecule has 2 N–H and O–H groups in total. The Labute approximate surface area is 199 Å². The summed E-state index contributed by atoms with van der Waals surface area (Å²) in [7, 11) is -0.737. The molecule has 0 aliphatic rings. The number of anilines is 1. The molecule has 3 aromatic rings. The standard InChI is InChI=1S/C25H28N2O6S/c1-18-4-13-23(34(29,30)27-20-7-11-21(32-3)12-8-20)16-24(18)25(28)26-17-19-5-9-22(10-6-19)33-15-14-31-2/h4-13,16,27H,14-15,17H2,1-3H3,(H,26,28). The minimum Gasteiger partial charge on any atom is -0.497 e. The van der Waals surface area contributed by atoms with Gasteiger partial charge in [0.15, 0.2) is 0 Å². The van der Waals surface area contributed by atoms with Crippen LogP contribution in [0.15, 0.2) is 71.6 Å². The van der Waals surface area contributed by atoms with E-state index in [9.17, 15) is 13.2 Å². The van der Waals surface area contributed by atoms with Gasteiger partial charge in [-0.3, -0.25) is 9.52 Å². The summed E-state index contributed by atoms with van der Waals surface area (Å²) in [6.07, 6.45) is 0. The Morgan fingerprint density at radius 1 is 0.882 bits per heavy atom. The molecule has 0 atom stereocenters. The monoisotopic (exact) mass is 484 g/mol. The summed E-state index contributed by atoms with van der Waals surface area (Å²) in [5, 5.41) is 2.84. The maximum Gasteiger partial charge on any atom is 0.261 e. The first-order chi connectivity index (χ1) is 16.3. The van der Waals surface area contributed by atoms with E-state index < -0.39 is 10.0 Å². The number of sulfonamides is 1. The van der Waals surface area contributed by atoms with Crippen LogP contribution in [0.2, 0.25) is 0 Å². The smallest absolute Gasteiger partial charge is 0.261 e. The zero-order valence-electron chi connectivity index (χ0n) is 19.3. The van der Waals surface area contributed by atoms with Crippen molar-refractivity contribution < 1.29 is 27.4 Å². The molecule has 0 radical (unpaired) electrons. The highest BCUT2D eigenvalue weighted by Gasteiger charge is 2.18. The van der Waals surface area contributed by atoms with Gasteiger partial charge in [-0.2, -0.15) is 0 Å². The molecule has 0 aliphatic carbocycles. The molecule has 0 spiro atoms. The summed E-state index contributed by atoms with van der Waals surface area (Å²) in [5.74, 6) is 0.968. The lowest BCUT2D eigenvalue weighted by Gasteiger charge is -2.12. The van der Waals surface area contributed by atoms with Gasteiger partial charge in [0, 0.05) is 24.9 Å². The van der Waals surface area contributed by atoms with Crippen LogP contribution in [0.1, 0.15) is 21.5 Å². The van der Waals surface area contributed by atoms with Crippen molar-refractivity contribution in [3.8, 4) is 11.5 Å². The van der Waals surface area contributed by atoms with E-state index in [1.807, 2.05) is 24.3 Å². The van der Waals surface area contributed by atoms with Gasteiger partial charge in [0.05, 0.1) is 18.6 Å². The van der Waals surface area contributed by atoms with Crippen LogP contribution in [-0.2, 0) is 21.3 Å². The quantitative estimate of drug-likeness (QED) is 0.402. The van der Waals surface area contributed by atoms with E-state index in [4.69, 9.17) is 14.2 Å². The number of benzene rings is 3. The third-order valence-corrected chi connectivity index (χ3v) is 6.42. The zero-order chi connectivity index (χ0) is 24.6. The fourth-order valence-corrected chi connectivity index (χ4v) is 4.19. The molecule has 0 aliphatic heterocycles. The van der Waals surface area contributed by atoms with E-state index in [2.05, 4.69) is 10.0 Å². The summed E-state index contributed by atoms with van der Waals surface area (Å²) in [5.41, 5.74) is 2.23. The topological polar surface area (TPSA) is 103 Å². The molecule has 0 heterocycles. The van der Waals surface area contributed by atoms with Gasteiger partial charge in [0.25, 0.3) is 15.9 Å². The van der Waals surface area contributed by atoms with Crippen molar-refractivity contribution in [2.24, 2.45) is 0 Å². The van der Waals surface area contributed by atoms with Crippen molar-refractivity contribution in [1.29, 1.82) is 0 Å². The SMILES string of the molecule is COCCOc1ccc(CNC(=O)c2cc(S(=O)(=O)Nc3ccc(OC)cc3)ccc2C)cc1. The van der Waals surface area contributed by atoms with Gasteiger partial charge < -0.3 is 19.5 Å². The van der Waals surface area contributed by atoms with Crippen molar-refractivity contribution >= 4 is 21.6 Å². The van der Waals surface area contributed by atoms with Gasteiger partial charge in [-0.15, -0.1) is 0 Å². The number of hydrogen-bond donors (Lipinski definition) is 2. The Bertz CT molecular complexity index is 1210.